The second kappa shape index (κ2) is 8.64. The fraction of sp³-hybridized carbons (Fsp3) is 0.235. The number of guanidine groups is 1. The lowest BCUT2D eigenvalue weighted by atomic mass is 10.0. The van der Waals surface area contributed by atoms with Gasteiger partial charge in [-0.25, -0.2) is 4.99 Å². The third kappa shape index (κ3) is 4.94. The van der Waals surface area contributed by atoms with Gasteiger partial charge in [0, 0.05) is 11.3 Å². The van der Waals surface area contributed by atoms with Gasteiger partial charge < -0.3 is 26.0 Å². The van der Waals surface area contributed by atoms with Crippen LogP contribution in [-0.4, -0.2) is 41.8 Å². The van der Waals surface area contributed by atoms with E-state index in [2.05, 4.69) is 21.2 Å². The summed E-state index contributed by atoms with van der Waals surface area (Å²) in [4.78, 5) is 4.10. The average Bonchev–Trinajstić information content (AvgIpc) is 3.04. The SMILES string of the molecule is NC1=NC(Nc2cc(Cl)c(-c3ccc(OCC(O)CO)cc3)c(Cl)c2)NN1. The standard InChI is InChI=1S/C17H19Cl2N5O3/c18-13-5-10(21-17-22-16(20)23-24-17)6-14(19)15(13)9-1-3-12(4-2-9)27-8-11(26)7-25/h1-6,11,17,21,24-26H,7-8H2,(H3,20,22,23). The van der Waals surface area contributed by atoms with Crippen molar-refractivity contribution in [2.45, 2.75) is 12.4 Å². The molecule has 0 amide bonds. The fourth-order valence-corrected chi connectivity index (χ4v) is 3.17. The van der Waals surface area contributed by atoms with Gasteiger partial charge >= 0.3 is 0 Å². The van der Waals surface area contributed by atoms with E-state index in [-0.39, 0.29) is 19.2 Å². The first-order valence-corrected chi connectivity index (χ1v) is 8.84. The van der Waals surface area contributed by atoms with Crippen LogP contribution in [0.5, 0.6) is 5.75 Å². The molecule has 144 valence electrons. The van der Waals surface area contributed by atoms with Gasteiger partial charge in [0.2, 0.25) is 5.96 Å². The highest BCUT2D eigenvalue weighted by Gasteiger charge is 2.16. The summed E-state index contributed by atoms with van der Waals surface area (Å²) in [6.45, 7) is -0.344. The average molecular weight is 412 g/mol. The van der Waals surface area contributed by atoms with Gasteiger partial charge in [0.1, 0.15) is 18.5 Å². The smallest absolute Gasteiger partial charge is 0.206 e. The summed E-state index contributed by atoms with van der Waals surface area (Å²) in [7, 11) is 0. The molecule has 1 aliphatic rings. The van der Waals surface area contributed by atoms with E-state index < -0.39 is 12.4 Å². The van der Waals surface area contributed by atoms with Gasteiger partial charge in [-0.05, 0) is 29.8 Å². The van der Waals surface area contributed by atoms with Gasteiger partial charge in [-0.3, -0.25) is 5.43 Å². The maximum atomic E-state index is 9.33. The maximum Gasteiger partial charge on any atom is 0.206 e. The Morgan fingerprint density at radius 2 is 1.89 bits per heavy atom. The van der Waals surface area contributed by atoms with Crippen molar-refractivity contribution in [3.8, 4) is 16.9 Å². The van der Waals surface area contributed by atoms with Crippen molar-refractivity contribution < 1.29 is 14.9 Å². The minimum atomic E-state index is -0.919. The van der Waals surface area contributed by atoms with Crippen LogP contribution in [0.2, 0.25) is 10.0 Å². The van der Waals surface area contributed by atoms with Crippen molar-refractivity contribution in [1.82, 2.24) is 10.9 Å². The molecule has 2 aromatic rings. The summed E-state index contributed by atoms with van der Waals surface area (Å²) in [5.74, 6) is 0.849. The number of benzene rings is 2. The van der Waals surface area contributed by atoms with Crippen molar-refractivity contribution in [2.75, 3.05) is 18.5 Å². The Labute approximate surface area is 165 Å². The van der Waals surface area contributed by atoms with Gasteiger partial charge in [-0.2, -0.15) is 5.43 Å². The van der Waals surface area contributed by atoms with Crippen LogP contribution in [0.4, 0.5) is 5.69 Å². The van der Waals surface area contributed by atoms with Crippen molar-refractivity contribution in [2.24, 2.45) is 10.7 Å². The number of ether oxygens (including phenoxy) is 1. The van der Waals surface area contributed by atoms with Crippen LogP contribution in [-0.2, 0) is 0 Å². The topological polar surface area (TPSA) is 124 Å². The quantitative estimate of drug-likeness (QED) is 0.407. The molecule has 0 spiro atoms. The lowest BCUT2D eigenvalue weighted by molar-refractivity contribution is 0.0536. The number of halogens is 2. The van der Waals surface area contributed by atoms with E-state index in [0.29, 0.717) is 27.0 Å². The normalized spacial score (nSPS) is 17.2. The van der Waals surface area contributed by atoms with E-state index in [1.54, 1.807) is 24.3 Å². The highest BCUT2D eigenvalue weighted by atomic mass is 35.5. The molecular formula is C17H19Cl2N5O3. The molecule has 0 aromatic heterocycles. The predicted octanol–water partition coefficient (Wildman–Crippen LogP) is 1.51. The Bertz CT molecular complexity index is 809. The van der Waals surface area contributed by atoms with Crippen LogP contribution >= 0.6 is 23.2 Å². The van der Waals surface area contributed by atoms with Crippen molar-refractivity contribution in [3.63, 3.8) is 0 Å². The Morgan fingerprint density at radius 1 is 1.22 bits per heavy atom. The molecule has 3 rings (SSSR count). The number of hydrazine groups is 1. The number of aliphatic imine (C=N–C) groups is 1. The van der Waals surface area contributed by atoms with E-state index in [1.165, 1.54) is 0 Å². The second-order valence-corrected chi connectivity index (χ2v) is 6.63. The van der Waals surface area contributed by atoms with E-state index >= 15 is 0 Å². The molecule has 0 saturated carbocycles. The van der Waals surface area contributed by atoms with Crippen LogP contribution in [0.25, 0.3) is 11.1 Å². The molecule has 2 unspecified atom stereocenters. The Morgan fingerprint density at radius 3 is 2.44 bits per heavy atom. The minimum Gasteiger partial charge on any atom is -0.491 e. The summed E-state index contributed by atoms with van der Waals surface area (Å²) in [5, 5.41) is 22.2. The van der Waals surface area contributed by atoms with Crippen molar-refractivity contribution in [3.05, 3.63) is 46.4 Å². The van der Waals surface area contributed by atoms with E-state index in [9.17, 15) is 5.11 Å². The Hall–Kier alpha value is -2.23. The fourth-order valence-electron chi connectivity index (χ4n) is 2.47. The van der Waals surface area contributed by atoms with Gasteiger partial charge in [0.05, 0.1) is 16.7 Å². The number of hydrogen-bond donors (Lipinski definition) is 6. The van der Waals surface area contributed by atoms with E-state index in [0.717, 1.165) is 5.56 Å². The monoisotopic (exact) mass is 411 g/mol. The molecule has 2 aromatic carbocycles. The Balaban J connectivity index is 1.74. The number of aliphatic hydroxyl groups is 2. The molecule has 0 bridgehead atoms. The summed E-state index contributed by atoms with van der Waals surface area (Å²) >= 11 is 12.9. The highest BCUT2D eigenvalue weighted by molar-refractivity contribution is 6.39. The molecular weight excluding hydrogens is 393 g/mol. The third-order valence-electron chi connectivity index (χ3n) is 3.75. The summed E-state index contributed by atoms with van der Waals surface area (Å²) < 4.78 is 5.39. The van der Waals surface area contributed by atoms with E-state index in [1.807, 2.05) is 12.1 Å². The number of nitrogens with zero attached hydrogens (tertiary/aromatic N) is 1. The lowest BCUT2D eigenvalue weighted by Gasteiger charge is -2.15. The highest BCUT2D eigenvalue weighted by Crippen LogP contribution is 2.38. The zero-order valence-electron chi connectivity index (χ0n) is 14.1. The Kier molecular flexibility index (Phi) is 6.25. The lowest BCUT2D eigenvalue weighted by Crippen LogP contribution is -2.40. The molecule has 2 atom stereocenters. The maximum absolute atomic E-state index is 9.33. The zero-order chi connectivity index (χ0) is 19.4. The number of anilines is 1. The van der Waals surface area contributed by atoms with Crippen LogP contribution in [0.15, 0.2) is 41.4 Å². The summed E-state index contributed by atoms with van der Waals surface area (Å²) in [6.07, 6.45) is -1.34. The molecule has 8 nitrogen and oxygen atoms in total. The molecule has 27 heavy (non-hydrogen) atoms. The number of nitrogens with one attached hydrogen (secondary N) is 3. The first-order valence-electron chi connectivity index (χ1n) is 8.09. The molecule has 1 heterocycles. The molecule has 0 saturated heterocycles. The van der Waals surface area contributed by atoms with Crippen LogP contribution in [0.1, 0.15) is 0 Å². The predicted molar refractivity (Wildman–Crippen MR) is 106 cm³/mol. The second-order valence-electron chi connectivity index (χ2n) is 5.82. The van der Waals surface area contributed by atoms with Gasteiger partial charge in [-0.1, -0.05) is 35.3 Å². The van der Waals surface area contributed by atoms with Crippen LogP contribution in [0, 0.1) is 0 Å². The van der Waals surface area contributed by atoms with Gasteiger partial charge in [0.25, 0.3) is 0 Å². The van der Waals surface area contributed by atoms with Crippen molar-refractivity contribution in [1.29, 1.82) is 0 Å². The molecule has 0 fully saturated rings. The van der Waals surface area contributed by atoms with Gasteiger partial charge in [-0.15, -0.1) is 0 Å². The largest absolute Gasteiger partial charge is 0.491 e. The van der Waals surface area contributed by atoms with Crippen LogP contribution in [0.3, 0.4) is 0 Å². The molecule has 0 radical (unpaired) electrons. The van der Waals surface area contributed by atoms with E-state index in [4.69, 9.17) is 38.8 Å². The number of hydrogen-bond acceptors (Lipinski definition) is 8. The number of aliphatic hydroxyl groups excluding tert-OH is 2. The summed E-state index contributed by atoms with van der Waals surface area (Å²) in [6, 6.07) is 10.6. The van der Waals surface area contributed by atoms with Crippen LogP contribution < -0.4 is 26.6 Å². The molecule has 10 heteroatoms. The first kappa shape index (κ1) is 19.5. The third-order valence-corrected chi connectivity index (χ3v) is 4.34. The number of rotatable bonds is 7. The molecule has 0 aliphatic carbocycles. The molecule has 1 aliphatic heterocycles. The van der Waals surface area contributed by atoms with Crippen molar-refractivity contribution >= 4 is 34.8 Å². The first-order chi connectivity index (χ1) is 13.0. The molecule has 7 N–H and O–H groups in total. The summed E-state index contributed by atoms with van der Waals surface area (Å²) in [5.41, 5.74) is 13.3. The number of nitrogens with two attached hydrogens (primary N) is 1. The minimum absolute atomic E-state index is 0.00871. The zero-order valence-corrected chi connectivity index (χ0v) is 15.6. The van der Waals surface area contributed by atoms with Gasteiger partial charge in [0.15, 0.2) is 6.29 Å².